The fraction of sp³-hybridized carbons (Fsp3) is 0.275. The van der Waals surface area contributed by atoms with Crippen LogP contribution < -0.4 is 0 Å². The predicted molar refractivity (Wildman–Crippen MR) is 180 cm³/mol. The van der Waals surface area contributed by atoms with Gasteiger partial charge in [0.2, 0.25) is 0 Å². The molecular formula is C40H48Hf. The van der Waals surface area contributed by atoms with Gasteiger partial charge in [-0.1, -0.05) is 95.5 Å². The molecule has 0 spiro atoms. The first kappa shape index (κ1) is 36.1. The van der Waals surface area contributed by atoms with E-state index < -0.39 is 0 Å². The Hall–Kier alpha value is -2.90. The molecule has 0 saturated carbocycles. The zero-order valence-electron chi connectivity index (χ0n) is 26.1. The topological polar surface area (TPSA) is 0 Å². The molecule has 0 N–H and O–H groups in total. The molecular weight excluding hydrogens is 659 g/mol. The second kappa shape index (κ2) is 17.8. The van der Waals surface area contributed by atoms with Crippen LogP contribution in [0.5, 0.6) is 0 Å². The molecule has 41 heavy (non-hydrogen) atoms. The molecule has 0 bridgehead atoms. The van der Waals surface area contributed by atoms with Crippen LogP contribution in [0.1, 0.15) is 77.5 Å². The molecule has 0 fully saturated rings. The van der Waals surface area contributed by atoms with Crippen molar-refractivity contribution in [1.29, 1.82) is 0 Å². The zero-order valence-corrected chi connectivity index (χ0v) is 29.7. The molecule has 0 aliphatic heterocycles. The summed E-state index contributed by atoms with van der Waals surface area (Å²) >= 11 is 0. The van der Waals surface area contributed by atoms with Crippen molar-refractivity contribution in [3.8, 4) is 0 Å². The molecule has 0 aliphatic carbocycles. The summed E-state index contributed by atoms with van der Waals surface area (Å²) in [6, 6.07) is 36.1. The third-order valence-electron chi connectivity index (χ3n) is 6.60. The third-order valence-corrected chi connectivity index (χ3v) is 6.60. The van der Waals surface area contributed by atoms with Crippen molar-refractivity contribution in [3.63, 3.8) is 0 Å². The van der Waals surface area contributed by atoms with Crippen molar-refractivity contribution in [3.05, 3.63) is 152 Å². The molecule has 0 aliphatic rings. The summed E-state index contributed by atoms with van der Waals surface area (Å²) in [5.74, 6) is 0. The van der Waals surface area contributed by atoms with Crippen LogP contribution in [0.3, 0.4) is 0 Å². The Kier molecular flexibility index (Phi) is 15.7. The zero-order chi connectivity index (χ0) is 29.6. The summed E-state index contributed by atoms with van der Waals surface area (Å²) in [6.45, 7) is 24.4. The minimum atomic E-state index is 0. The van der Waals surface area contributed by atoms with Crippen LogP contribution in [-0.2, 0) is 36.7 Å². The van der Waals surface area contributed by atoms with E-state index in [-0.39, 0.29) is 36.7 Å². The van der Waals surface area contributed by atoms with E-state index in [0.717, 1.165) is 24.8 Å². The average molecular weight is 707 g/mol. The van der Waals surface area contributed by atoms with Crippen molar-refractivity contribution in [2.75, 3.05) is 0 Å². The molecule has 0 nitrogen and oxygen atoms in total. The SMILES string of the molecule is C=[C-]CCCC=C.CC(C)(C)c1ccc2c(c1)[cH-]c1cc(C(C)(C)C)ccc12.[CH2-]c1ccccc1.[Hf+4].c1cc[cH-]c1. The first-order valence-electron chi connectivity index (χ1n) is 14.3. The van der Waals surface area contributed by atoms with Crippen LogP contribution in [0.25, 0.3) is 21.5 Å². The standard InChI is InChI=1S/C21H25.C7H7.C7H11.C5H5.Hf/c1-20(2,3)16-7-9-18-14(12-16)11-15-13-17(21(4,5)6)8-10-19(15)18;1-7-5-3-2-4-6-7;1-3-5-7-6-4-2;1-2-4-5-3-1;/h7-13H,1-6H3;2-6H,1H2;3H,1-2,5-7H2;1-5H;/q4*-1;+4. The maximum absolute atomic E-state index is 3.72. The quantitative estimate of drug-likeness (QED) is 0.0755. The maximum atomic E-state index is 3.72. The molecule has 5 aromatic rings. The van der Waals surface area contributed by atoms with Gasteiger partial charge in [0, 0.05) is 0 Å². The Bertz CT molecular complexity index is 1310. The first-order valence-corrected chi connectivity index (χ1v) is 14.3. The second-order valence-electron chi connectivity index (χ2n) is 12.1. The summed E-state index contributed by atoms with van der Waals surface area (Å²) < 4.78 is 0. The number of allylic oxidation sites excluding steroid dienone is 2. The number of hydrogen-bond donors (Lipinski definition) is 0. The van der Waals surface area contributed by atoms with Crippen LogP contribution in [0, 0.1) is 13.0 Å². The van der Waals surface area contributed by atoms with Gasteiger partial charge in [-0.2, -0.15) is 49.2 Å². The molecule has 0 saturated heterocycles. The number of fused-ring (bicyclic) bond motifs is 3. The number of benzene rings is 3. The fourth-order valence-corrected chi connectivity index (χ4v) is 4.13. The van der Waals surface area contributed by atoms with Gasteiger partial charge < -0.3 is 6.08 Å². The van der Waals surface area contributed by atoms with Gasteiger partial charge in [-0.25, -0.2) is 12.1 Å². The summed E-state index contributed by atoms with van der Waals surface area (Å²) in [4.78, 5) is 0. The second-order valence-corrected chi connectivity index (χ2v) is 12.1. The van der Waals surface area contributed by atoms with Crippen LogP contribution in [-0.4, -0.2) is 0 Å². The molecule has 1 heteroatoms. The van der Waals surface area contributed by atoms with Crippen LogP contribution in [0.4, 0.5) is 0 Å². The van der Waals surface area contributed by atoms with Crippen LogP contribution in [0.2, 0.25) is 0 Å². The van der Waals surface area contributed by atoms with Gasteiger partial charge in [-0.15, -0.1) is 58.5 Å². The van der Waals surface area contributed by atoms with Gasteiger partial charge in [0.1, 0.15) is 0 Å². The van der Waals surface area contributed by atoms with Gasteiger partial charge in [-0.3, -0.25) is 6.58 Å². The van der Waals surface area contributed by atoms with Crippen molar-refractivity contribution in [1.82, 2.24) is 0 Å². The van der Waals surface area contributed by atoms with E-state index in [1.807, 2.05) is 66.7 Å². The van der Waals surface area contributed by atoms with Gasteiger partial charge in [0.15, 0.2) is 0 Å². The van der Waals surface area contributed by atoms with E-state index in [1.54, 1.807) is 0 Å². The number of hydrogen-bond acceptors (Lipinski definition) is 0. The summed E-state index contributed by atoms with van der Waals surface area (Å²) in [6.07, 6.45) is 7.94. The maximum Gasteiger partial charge on any atom is 4.00 e. The molecule has 0 heterocycles. The smallest absolute Gasteiger partial charge is 0.504 e. The van der Waals surface area contributed by atoms with Crippen molar-refractivity contribution in [2.24, 2.45) is 0 Å². The molecule has 212 valence electrons. The Labute approximate surface area is 269 Å². The molecule has 5 rings (SSSR count). The van der Waals surface area contributed by atoms with Crippen molar-refractivity contribution >= 4 is 21.5 Å². The van der Waals surface area contributed by atoms with Gasteiger partial charge in [0.25, 0.3) is 0 Å². The van der Waals surface area contributed by atoms with Crippen molar-refractivity contribution < 1.29 is 25.8 Å². The van der Waals surface area contributed by atoms with E-state index in [0.29, 0.717) is 0 Å². The molecule has 5 aromatic carbocycles. The number of unbranched alkanes of at least 4 members (excludes halogenated alkanes) is 2. The van der Waals surface area contributed by atoms with Gasteiger partial charge in [0.05, 0.1) is 0 Å². The van der Waals surface area contributed by atoms with E-state index in [4.69, 9.17) is 0 Å². The van der Waals surface area contributed by atoms with E-state index in [9.17, 15) is 0 Å². The molecule has 0 atom stereocenters. The van der Waals surface area contributed by atoms with Crippen LogP contribution >= 0.6 is 0 Å². The Balaban J connectivity index is 0.000000343. The first-order chi connectivity index (χ1) is 19.0. The van der Waals surface area contributed by atoms with E-state index >= 15 is 0 Å². The molecule has 0 amide bonds. The Morgan fingerprint density at radius 3 is 1.56 bits per heavy atom. The van der Waals surface area contributed by atoms with Gasteiger partial charge in [-0.05, 0) is 17.3 Å². The Morgan fingerprint density at radius 2 is 1.24 bits per heavy atom. The Morgan fingerprint density at radius 1 is 0.756 bits per heavy atom. The van der Waals surface area contributed by atoms with E-state index in [1.165, 1.54) is 32.7 Å². The normalized spacial score (nSPS) is 10.6. The average Bonchev–Trinajstić information content (AvgIpc) is 3.60. The van der Waals surface area contributed by atoms with E-state index in [2.05, 4.69) is 110 Å². The summed E-state index contributed by atoms with van der Waals surface area (Å²) in [5, 5.41) is 5.48. The third kappa shape index (κ3) is 12.7. The molecule has 0 unspecified atom stereocenters. The van der Waals surface area contributed by atoms with Gasteiger partial charge >= 0.3 is 25.8 Å². The minimum Gasteiger partial charge on any atom is -0.504 e. The van der Waals surface area contributed by atoms with Crippen molar-refractivity contribution in [2.45, 2.75) is 71.6 Å². The monoisotopic (exact) mass is 708 g/mol. The minimum absolute atomic E-state index is 0. The summed E-state index contributed by atoms with van der Waals surface area (Å²) in [5.41, 5.74) is 4.29. The predicted octanol–water partition coefficient (Wildman–Crippen LogP) is 11.9. The van der Waals surface area contributed by atoms with Crippen LogP contribution in [0.15, 0.2) is 122 Å². The molecule has 0 radical (unpaired) electrons. The number of rotatable bonds is 4. The fourth-order valence-electron chi connectivity index (χ4n) is 4.13. The molecule has 0 aromatic heterocycles. The largest absolute Gasteiger partial charge is 4.00 e. The summed E-state index contributed by atoms with van der Waals surface area (Å²) in [7, 11) is 0.